The number of hydrogen-bond acceptors (Lipinski definition) is 3. The summed E-state index contributed by atoms with van der Waals surface area (Å²) in [6, 6.07) is 14.4. The molecule has 2 heterocycles. The summed E-state index contributed by atoms with van der Waals surface area (Å²) in [7, 11) is 0. The van der Waals surface area contributed by atoms with Crippen LogP contribution in [0.3, 0.4) is 0 Å². The number of fused-ring (bicyclic) bond motifs is 2. The van der Waals surface area contributed by atoms with Crippen molar-refractivity contribution in [3.05, 3.63) is 70.1 Å². The summed E-state index contributed by atoms with van der Waals surface area (Å²) in [6.45, 7) is 4.30. The van der Waals surface area contributed by atoms with Crippen LogP contribution in [0.5, 0.6) is 0 Å². The number of halogens is 1. The first kappa shape index (κ1) is 14.5. The molecule has 4 heteroatoms. The number of hydrogen-bond donors (Lipinski definition) is 0. The van der Waals surface area contributed by atoms with Crippen molar-refractivity contribution in [2.24, 2.45) is 4.99 Å². The number of aromatic nitrogens is 2. The summed E-state index contributed by atoms with van der Waals surface area (Å²) in [5.74, 6) is 0.694. The van der Waals surface area contributed by atoms with Crippen molar-refractivity contribution in [2.75, 3.05) is 0 Å². The number of rotatable bonds is 1. The first-order valence-electron chi connectivity index (χ1n) is 7.63. The highest BCUT2D eigenvalue weighted by Gasteiger charge is 2.28. The zero-order chi connectivity index (χ0) is 16.0. The topological polar surface area (TPSA) is 38.1 Å². The Hall–Kier alpha value is -2.07. The fourth-order valence-corrected chi connectivity index (χ4v) is 3.47. The molecular weight excluding hydrogens is 350 g/mol. The fourth-order valence-electron chi connectivity index (χ4n) is 3.06. The van der Waals surface area contributed by atoms with Gasteiger partial charge in [-0.15, -0.1) is 0 Å². The molecule has 23 heavy (non-hydrogen) atoms. The van der Waals surface area contributed by atoms with Crippen LogP contribution in [-0.2, 0) is 6.42 Å². The second kappa shape index (κ2) is 5.24. The maximum absolute atomic E-state index is 4.94. The predicted molar refractivity (Wildman–Crippen MR) is 97.1 cm³/mol. The van der Waals surface area contributed by atoms with E-state index in [2.05, 4.69) is 46.9 Å². The van der Waals surface area contributed by atoms with Gasteiger partial charge < -0.3 is 0 Å². The molecule has 0 radical (unpaired) electrons. The van der Waals surface area contributed by atoms with Crippen LogP contribution in [0.2, 0.25) is 0 Å². The summed E-state index contributed by atoms with van der Waals surface area (Å²) in [6.07, 6.45) is 2.79. The van der Waals surface area contributed by atoms with Gasteiger partial charge in [-0.25, -0.2) is 9.97 Å². The van der Waals surface area contributed by atoms with Crippen LogP contribution in [0.15, 0.2) is 58.1 Å². The highest BCUT2D eigenvalue weighted by Crippen LogP contribution is 2.30. The average Bonchev–Trinajstić information content (AvgIpc) is 2.52. The number of nitrogens with zero attached hydrogens (tertiary/aromatic N) is 3. The van der Waals surface area contributed by atoms with E-state index in [9.17, 15) is 0 Å². The number of aliphatic imine (C=N–C) groups is 1. The van der Waals surface area contributed by atoms with Crippen molar-refractivity contribution in [3.8, 4) is 0 Å². The molecule has 0 N–H and O–H groups in total. The van der Waals surface area contributed by atoms with Crippen LogP contribution in [-0.4, -0.2) is 21.2 Å². The van der Waals surface area contributed by atoms with Crippen molar-refractivity contribution in [3.63, 3.8) is 0 Å². The normalized spacial score (nSPS) is 16.0. The minimum absolute atomic E-state index is 0.155. The Labute approximate surface area is 143 Å². The number of benzene rings is 2. The Kier molecular flexibility index (Phi) is 3.31. The van der Waals surface area contributed by atoms with Crippen molar-refractivity contribution in [1.29, 1.82) is 0 Å². The van der Waals surface area contributed by atoms with E-state index >= 15 is 0 Å². The molecule has 0 aliphatic carbocycles. The Morgan fingerprint density at radius 3 is 2.78 bits per heavy atom. The van der Waals surface area contributed by atoms with Gasteiger partial charge in [0.05, 0.1) is 11.1 Å². The molecule has 0 amide bonds. The van der Waals surface area contributed by atoms with Crippen molar-refractivity contribution in [2.45, 2.75) is 25.8 Å². The summed E-state index contributed by atoms with van der Waals surface area (Å²) in [4.78, 5) is 14.2. The molecule has 0 unspecified atom stereocenters. The molecule has 114 valence electrons. The van der Waals surface area contributed by atoms with Crippen LogP contribution in [0, 0.1) is 0 Å². The van der Waals surface area contributed by atoms with Crippen LogP contribution in [0.4, 0.5) is 0 Å². The quantitative estimate of drug-likeness (QED) is 0.633. The summed E-state index contributed by atoms with van der Waals surface area (Å²) in [5, 5.41) is 1.04. The van der Waals surface area contributed by atoms with Gasteiger partial charge in [-0.05, 0) is 44.0 Å². The van der Waals surface area contributed by atoms with Gasteiger partial charge in [-0.1, -0.05) is 40.2 Å². The third-order valence-corrected chi connectivity index (χ3v) is 4.55. The maximum atomic E-state index is 4.94. The molecule has 1 aromatic heterocycles. The third-order valence-electron chi connectivity index (χ3n) is 4.06. The van der Waals surface area contributed by atoms with Crippen molar-refractivity contribution < 1.29 is 0 Å². The average molecular weight is 366 g/mol. The molecule has 4 rings (SSSR count). The number of para-hydroxylation sites is 1. The van der Waals surface area contributed by atoms with E-state index in [0.717, 1.165) is 33.1 Å². The Morgan fingerprint density at radius 1 is 1.09 bits per heavy atom. The SMILES string of the molecule is CC1(C)Cc2cc(Br)ccc2C(c2ncc3ccccc3n2)=N1. The van der Waals surface area contributed by atoms with Crippen LogP contribution in [0.25, 0.3) is 10.9 Å². The highest BCUT2D eigenvalue weighted by atomic mass is 79.9. The lowest BCUT2D eigenvalue weighted by Gasteiger charge is -2.28. The van der Waals surface area contributed by atoms with Crippen molar-refractivity contribution in [1.82, 2.24) is 9.97 Å². The summed E-state index contributed by atoms with van der Waals surface area (Å²) in [5.41, 5.74) is 4.09. The molecule has 0 bridgehead atoms. The maximum Gasteiger partial charge on any atom is 0.178 e. The van der Waals surface area contributed by atoms with E-state index in [1.54, 1.807) is 0 Å². The van der Waals surface area contributed by atoms with E-state index in [1.807, 2.05) is 36.5 Å². The predicted octanol–water partition coefficient (Wildman–Crippen LogP) is 4.56. The van der Waals surface area contributed by atoms with E-state index in [0.29, 0.717) is 5.82 Å². The van der Waals surface area contributed by atoms with Gasteiger partial charge in [0.25, 0.3) is 0 Å². The molecule has 0 saturated heterocycles. The van der Waals surface area contributed by atoms with Crippen LogP contribution < -0.4 is 0 Å². The lowest BCUT2D eigenvalue weighted by molar-refractivity contribution is 0.513. The Morgan fingerprint density at radius 2 is 1.91 bits per heavy atom. The second-order valence-electron chi connectivity index (χ2n) is 6.50. The lowest BCUT2D eigenvalue weighted by Crippen LogP contribution is -2.30. The van der Waals surface area contributed by atoms with E-state index in [1.165, 1.54) is 5.56 Å². The fraction of sp³-hybridized carbons (Fsp3) is 0.211. The zero-order valence-electron chi connectivity index (χ0n) is 13.0. The first-order chi connectivity index (χ1) is 11.0. The smallest absolute Gasteiger partial charge is 0.178 e. The summed E-state index contributed by atoms with van der Waals surface area (Å²) < 4.78 is 1.09. The molecule has 1 aliphatic rings. The van der Waals surface area contributed by atoms with Gasteiger partial charge in [0.15, 0.2) is 5.82 Å². The molecule has 0 spiro atoms. The van der Waals surface area contributed by atoms with Crippen molar-refractivity contribution >= 4 is 32.5 Å². The molecule has 3 aromatic rings. The minimum atomic E-state index is -0.155. The third kappa shape index (κ3) is 2.68. The standard InChI is InChI=1S/C19H16BrN3/c1-19(2)10-13-9-14(20)7-8-15(13)17(23-19)18-21-11-12-5-3-4-6-16(12)22-18/h3-9,11H,10H2,1-2H3. The molecule has 0 saturated carbocycles. The van der Waals surface area contributed by atoms with Gasteiger partial charge in [0, 0.05) is 21.6 Å². The van der Waals surface area contributed by atoms with E-state index in [-0.39, 0.29) is 5.54 Å². The van der Waals surface area contributed by atoms with Gasteiger partial charge in [-0.2, -0.15) is 0 Å². The van der Waals surface area contributed by atoms with Gasteiger partial charge >= 0.3 is 0 Å². The molecule has 1 aliphatic heterocycles. The van der Waals surface area contributed by atoms with E-state index in [4.69, 9.17) is 9.98 Å². The minimum Gasteiger partial charge on any atom is -0.274 e. The Balaban J connectivity index is 1.93. The van der Waals surface area contributed by atoms with Gasteiger partial charge in [0.1, 0.15) is 5.71 Å². The molecule has 3 nitrogen and oxygen atoms in total. The molecule has 0 atom stereocenters. The highest BCUT2D eigenvalue weighted by molar-refractivity contribution is 9.10. The molecule has 2 aromatic carbocycles. The first-order valence-corrected chi connectivity index (χ1v) is 8.42. The second-order valence-corrected chi connectivity index (χ2v) is 7.42. The van der Waals surface area contributed by atoms with Gasteiger partial charge in [0.2, 0.25) is 0 Å². The van der Waals surface area contributed by atoms with Crippen LogP contribution >= 0.6 is 15.9 Å². The monoisotopic (exact) mass is 365 g/mol. The van der Waals surface area contributed by atoms with Gasteiger partial charge in [-0.3, -0.25) is 4.99 Å². The Bertz CT molecular complexity index is 944. The lowest BCUT2D eigenvalue weighted by atomic mass is 9.86. The van der Waals surface area contributed by atoms with Crippen LogP contribution in [0.1, 0.15) is 30.8 Å². The molecule has 0 fully saturated rings. The van der Waals surface area contributed by atoms with E-state index < -0.39 is 0 Å². The molecular formula is C19H16BrN3. The summed E-state index contributed by atoms with van der Waals surface area (Å²) >= 11 is 3.57. The zero-order valence-corrected chi connectivity index (χ0v) is 14.6. The largest absolute Gasteiger partial charge is 0.274 e.